The maximum absolute atomic E-state index is 13.6. The maximum atomic E-state index is 13.6. The number of rotatable bonds is 3. The smallest absolute Gasteiger partial charge is 0.412 e. The number of carbonyl (C=O) groups is 1. The van der Waals surface area contributed by atoms with Gasteiger partial charge in [0, 0.05) is 11.3 Å². The summed E-state index contributed by atoms with van der Waals surface area (Å²) in [7, 11) is 0. The van der Waals surface area contributed by atoms with Crippen LogP contribution in [0.4, 0.5) is 20.6 Å². The van der Waals surface area contributed by atoms with Crippen LogP contribution < -0.4 is 10.6 Å². The van der Waals surface area contributed by atoms with Crippen LogP contribution in [0.15, 0.2) is 18.2 Å². The van der Waals surface area contributed by atoms with E-state index in [1.807, 2.05) is 11.8 Å². The molecule has 128 valence electrons. The number of benzene rings is 1. The number of nitrogens with one attached hydrogen (secondary N) is 2. The number of anilines is 2. The molecule has 23 heavy (non-hydrogen) atoms. The van der Waals surface area contributed by atoms with Gasteiger partial charge < -0.3 is 10.1 Å². The van der Waals surface area contributed by atoms with Gasteiger partial charge in [0.1, 0.15) is 11.4 Å². The minimum absolute atomic E-state index is 0.259. The molecule has 1 aliphatic rings. The van der Waals surface area contributed by atoms with Gasteiger partial charge in [0.15, 0.2) is 0 Å². The molecule has 0 saturated carbocycles. The van der Waals surface area contributed by atoms with Gasteiger partial charge in [0.05, 0.1) is 11.4 Å². The van der Waals surface area contributed by atoms with E-state index in [1.54, 1.807) is 26.8 Å². The quantitative estimate of drug-likeness (QED) is 0.824. The van der Waals surface area contributed by atoms with Crippen molar-refractivity contribution in [2.75, 3.05) is 16.4 Å². The molecule has 0 radical (unpaired) electrons. The van der Waals surface area contributed by atoms with E-state index < -0.39 is 11.7 Å². The number of ether oxygens (including phenoxy) is 1. The van der Waals surface area contributed by atoms with Crippen LogP contribution in [0, 0.1) is 5.82 Å². The number of hydrogen-bond donors (Lipinski definition) is 2. The van der Waals surface area contributed by atoms with Crippen molar-refractivity contribution in [2.24, 2.45) is 0 Å². The Bertz CT molecular complexity index is 560. The third-order valence-corrected chi connectivity index (χ3v) is 4.94. The lowest BCUT2D eigenvalue weighted by molar-refractivity contribution is 0.0636. The van der Waals surface area contributed by atoms with Crippen molar-refractivity contribution in [3.05, 3.63) is 24.0 Å². The van der Waals surface area contributed by atoms with Crippen LogP contribution in [0.2, 0.25) is 0 Å². The summed E-state index contributed by atoms with van der Waals surface area (Å²) in [5, 5.41) is 6.52. The van der Waals surface area contributed by atoms with Crippen LogP contribution in [0.3, 0.4) is 0 Å². The number of carbonyl (C=O) groups excluding carboxylic acids is 1. The van der Waals surface area contributed by atoms with Crippen LogP contribution in [0.5, 0.6) is 0 Å². The topological polar surface area (TPSA) is 50.4 Å². The highest BCUT2D eigenvalue weighted by atomic mass is 32.2. The van der Waals surface area contributed by atoms with E-state index in [2.05, 4.69) is 17.6 Å². The largest absolute Gasteiger partial charge is 0.444 e. The minimum Gasteiger partial charge on any atom is -0.444 e. The average Bonchev–Trinajstić information content (AvgIpc) is 2.42. The molecule has 0 bridgehead atoms. The second-order valence-electron chi connectivity index (χ2n) is 6.79. The average molecular weight is 340 g/mol. The fourth-order valence-electron chi connectivity index (χ4n) is 2.47. The van der Waals surface area contributed by atoms with Crippen molar-refractivity contribution in [2.45, 2.75) is 57.4 Å². The minimum atomic E-state index is -0.577. The lowest BCUT2D eigenvalue weighted by atomic mass is 10.1. The van der Waals surface area contributed by atoms with Crippen LogP contribution in [-0.4, -0.2) is 28.7 Å². The molecular formula is C17H25FN2O2S. The second-order valence-corrected chi connectivity index (χ2v) is 8.27. The van der Waals surface area contributed by atoms with Gasteiger partial charge in [-0.3, -0.25) is 5.32 Å². The van der Waals surface area contributed by atoms with E-state index >= 15 is 0 Å². The van der Waals surface area contributed by atoms with Gasteiger partial charge in [-0.2, -0.15) is 11.8 Å². The first-order chi connectivity index (χ1) is 10.7. The van der Waals surface area contributed by atoms with Crippen LogP contribution in [-0.2, 0) is 4.74 Å². The Morgan fingerprint density at radius 3 is 2.74 bits per heavy atom. The Kier molecular flexibility index (Phi) is 5.79. The van der Waals surface area contributed by atoms with Crippen LogP contribution >= 0.6 is 11.8 Å². The molecule has 1 fully saturated rings. The SMILES string of the molecule is CC1SCCCC1Nc1cc(F)ccc1NC(=O)OC(C)(C)C. The zero-order valence-corrected chi connectivity index (χ0v) is 14.9. The standard InChI is InChI=1S/C17H25FN2O2S/c1-11-13(6-5-9-23-11)19-15-10-12(18)7-8-14(15)20-16(21)22-17(2,3)4/h7-8,10-11,13,19H,5-6,9H2,1-4H3,(H,20,21). The summed E-state index contributed by atoms with van der Waals surface area (Å²) in [6.45, 7) is 7.58. The molecular weight excluding hydrogens is 315 g/mol. The summed E-state index contributed by atoms with van der Waals surface area (Å²) in [5.41, 5.74) is 0.547. The fraction of sp³-hybridized carbons (Fsp3) is 0.588. The summed E-state index contributed by atoms with van der Waals surface area (Å²) >= 11 is 1.91. The summed E-state index contributed by atoms with van der Waals surface area (Å²) in [6.07, 6.45) is 1.63. The number of amides is 1. The molecule has 0 spiro atoms. The molecule has 4 nitrogen and oxygen atoms in total. The zero-order chi connectivity index (χ0) is 17.0. The van der Waals surface area contributed by atoms with Crippen molar-refractivity contribution in [3.63, 3.8) is 0 Å². The van der Waals surface area contributed by atoms with Gasteiger partial charge in [-0.05, 0) is 57.6 Å². The van der Waals surface area contributed by atoms with Crippen LogP contribution in [0.25, 0.3) is 0 Å². The molecule has 1 aromatic carbocycles. The second kappa shape index (κ2) is 7.43. The molecule has 1 heterocycles. The molecule has 1 saturated heterocycles. The van der Waals surface area contributed by atoms with Crippen molar-refractivity contribution < 1.29 is 13.9 Å². The number of halogens is 1. The molecule has 2 atom stereocenters. The van der Waals surface area contributed by atoms with E-state index in [-0.39, 0.29) is 11.9 Å². The normalized spacial score (nSPS) is 21.6. The van der Waals surface area contributed by atoms with Crippen molar-refractivity contribution in [1.29, 1.82) is 0 Å². The molecule has 0 aromatic heterocycles. The Balaban J connectivity index is 2.12. The van der Waals surface area contributed by atoms with Gasteiger partial charge >= 0.3 is 6.09 Å². The Labute approximate surface area is 141 Å². The van der Waals surface area contributed by atoms with Gasteiger partial charge in [0.25, 0.3) is 0 Å². The molecule has 2 unspecified atom stereocenters. The molecule has 0 aliphatic carbocycles. The third-order valence-electron chi connectivity index (χ3n) is 3.56. The molecule has 1 amide bonds. The Morgan fingerprint density at radius 1 is 1.35 bits per heavy atom. The lowest BCUT2D eigenvalue weighted by Gasteiger charge is -2.30. The Hall–Kier alpha value is -1.43. The summed E-state index contributed by atoms with van der Waals surface area (Å²) < 4.78 is 18.9. The molecule has 1 aromatic rings. The summed E-state index contributed by atoms with van der Waals surface area (Å²) in [6, 6.07) is 4.56. The van der Waals surface area contributed by atoms with Gasteiger partial charge in [0.2, 0.25) is 0 Å². The fourth-order valence-corrected chi connectivity index (χ4v) is 3.61. The summed E-state index contributed by atoms with van der Waals surface area (Å²) in [5.74, 6) is 0.823. The Morgan fingerprint density at radius 2 is 2.09 bits per heavy atom. The third kappa shape index (κ3) is 5.61. The van der Waals surface area contributed by atoms with E-state index in [0.29, 0.717) is 16.6 Å². The van der Waals surface area contributed by atoms with Crippen molar-refractivity contribution >= 4 is 29.2 Å². The van der Waals surface area contributed by atoms with Crippen LogP contribution in [0.1, 0.15) is 40.5 Å². The highest BCUT2D eigenvalue weighted by Crippen LogP contribution is 2.31. The predicted octanol–water partition coefficient (Wildman–Crippen LogP) is 4.87. The number of thioether (sulfide) groups is 1. The predicted molar refractivity (Wildman–Crippen MR) is 94.8 cm³/mol. The van der Waals surface area contributed by atoms with Crippen molar-refractivity contribution in [1.82, 2.24) is 0 Å². The first-order valence-corrected chi connectivity index (χ1v) is 8.97. The van der Waals surface area contributed by atoms with E-state index in [9.17, 15) is 9.18 Å². The highest BCUT2D eigenvalue weighted by Gasteiger charge is 2.23. The van der Waals surface area contributed by atoms with E-state index in [1.165, 1.54) is 12.1 Å². The molecule has 1 aliphatic heterocycles. The lowest BCUT2D eigenvalue weighted by Crippen LogP contribution is -2.33. The zero-order valence-electron chi connectivity index (χ0n) is 14.1. The van der Waals surface area contributed by atoms with E-state index in [4.69, 9.17) is 4.74 Å². The monoisotopic (exact) mass is 340 g/mol. The molecule has 6 heteroatoms. The first kappa shape index (κ1) is 17.9. The van der Waals surface area contributed by atoms with Gasteiger partial charge in [-0.15, -0.1) is 0 Å². The first-order valence-electron chi connectivity index (χ1n) is 7.92. The molecule has 2 N–H and O–H groups in total. The number of hydrogen-bond acceptors (Lipinski definition) is 4. The maximum Gasteiger partial charge on any atom is 0.412 e. The van der Waals surface area contributed by atoms with Gasteiger partial charge in [-0.1, -0.05) is 6.92 Å². The molecule has 2 rings (SSSR count). The van der Waals surface area contributed by atoms with E-state index in [0.717, 1.165) is 18.6 Å². The summed E-state index contributed by atoms with van der Waals surface area (Å²) in [4.78, 5) is 12.0. The van der Waals surface area contributed by atoms with Gasteiger partial charge in [-0.25, -0.2) is 9.18 Å². The van der Waals surface area contributed by atoms with Crippen molar-refractivity contribution in [3.8, 4) is 0 Å². The highest BCUT2D eigenvalue weighted by molar-refractivity contribution is 8.00.